The van der Waals surface area contributed by atoms with Crippen LogP contribution in [0.1, 0.15) is 34.6 Å². The molecule has 108 valence electrons. The van der Waals surface area contributed by atoms with Crippen LogP contribution in [0.25, 0.3) is 0 Å². The fourth-order valence-electron chi connectivity index (χ4n) is 2.06. The van der Waals surface area contributed by atoms with E-state index >= 15 is 0 Å². The van der Waals surface area contributed by atoms with Crippen molar-refractivity contribution < 1.29 is 13.5 Å². The molecule has 0 aromatic heterocycles. The smallest absolute Gasteiger partial charge is 0.219 e. The van der Waals surface area contributed by atoms with E-state index < -0.39 is 20.4 Å². The highest BCUT2D eigenvalue weighted by Gasteiger charge is 2.37. The lowest BCUT2D eigenvalue weighted by Crippen LogP contribution is -2.54. The third-order valence-electron chi connectivity index (χ3n) is 3.06. The largest absolute Gasteiger partial charge is 0.389 e. The Morgan fingerprint density at radius 3 is 1.78 bits per heavy atom. The van der Waals surface area contributed by atoms with E-state index in [0.29, 0.717) is 32.7 Å². The van der Waals surface area contributed by atoms with Gasteiger partial charge in [0.05, 0.1) is 10.3 Å². The van der Waals surface area contributed by atoms with Crippen molar-refractivity contribution >= 4 is 10.0 Å². The molecule has 0 amide bonds. The molecular formula is C12H26N2O3S. The van der Waals surface area contributed by atoms with E-state index in [9.17, 15) is 13.5 Å². The monoisotopic (exact) mass is 278 g/mol. The average molecular weight is 278 g/mol. The van der Waals surface area contributed by atoms with Crippen molar-refractivity contribution in [3.05, 3.63) is 0 Å². The van der Waals surface area contributed by atoms with Crippen molar-refractivity contribution in [1.82, 2.24) is 9.21 Å². The van der Waals surface area contributed by atoms with Crippen LogP contribution < -0.4 is 0 Å². The molecule has 1 N–H and O–H groups in total. The number of hydrogen-bond donors (Lipinski definition) is 1. The van der Waals surface area contributed by atoms with Crippen LogP contribution in [0.15, 0.2) is 0 Å². The predicted molar refractivity (Wildman–Crippen MR) is 73.0 cm³/mol. The first kappa shape index (κ1) is 15.9. The number of β-amino-alcohol motifs (C(OH)–C–C–N with tert-alkyl or cyclic N) is 1. The Morgan fingerprint density at radius 2 is 1.44 bits per heavy atom. The lowest BCUT2D eigenvalue weighted by Gasteiger charge is -2.39. The van der Waals surface area contributed by atoms with Crippen molar-refractivity contribution in [3.63, 3.8) is 0 Å². The molecule has 6 heteroatoms. The quantitative estimate of drug-likeness (QED) is 0.817. The van der Waals surface area contributed by atoms with Crippen molar-refractivity contribution in [1.29, 1.82) is 0 Å². The summed E-state index contributed by atoms with van der Waals surface area (Å²) in [5.41, 5.74) is -0.731. The van der Waals surface area contributed by atoms with Crippen LogP contribution in [0, 0.1) is 0 Å². The minimum absolute atomic E-state index is 0.510. The second kappa shape index (κ2) is 5.07. The Morgan fingerprint density at radius 1 is 1.00 bits per heavy atom. The van der Waals surface area contributed by atoms with Gasteiger partial charge in [0.2, 0.25) is 10.0 Å². The van der Waals surface area contributed by atoms with Gasteiger partial charge in [-0.3, -0.25) is 4.90 Å². The Hall–Kier alpha value is -0.170. The molecule has 0 saturated carbocycles. The maximum absolute atomic E-state index is 12.3. The summed E-state index contributed by atoms with van der Waals surface area (Å²) >= 11 is 0. The van der Waals surface area contributed by atoms with Crippen LogP contribution in [0.3, 0.4) is 0 Å². The fourth-order valence-corrected chi connectivity index (χ4v) is 3.48. The predicted octanol–water partition coefficient (Wildman–Crippen LogP) is 0.503. The maximum Gasteiger partial charge on any atom is 0.219 e. The highest BCUT2D eigenvalue weighted by molar-refractivity contribution is 7.90. The highest BCUT2D eigenvalue weighted by Crippen LogP contribution is 2.21. The second-order valence-electron chi connectivity index (χ2n) is 6.61. The first-order valence-electron chi connectivity index (χ1n) is 6.38. The van der Waals surface area contributed by atoms with E-state index in [-0.39, 0.29) is 0 Å². The number of hydrogen-bond acceptors (Lipinski definition) is 4. The molecule has 0 unspecified atom stereocenters. The van der Waals surface area contributed by atoms with Gasteiger partial charge in [0.25, 0.3) is 0 Å². The summed E-state index contributed by atoms with van der Waals surface area (Å²) in [6.45, 7) is 11.7. The molecule has 0 bridgehead atoms. The molecule has 1 aliphatic heterocycles. The molecule has 0 aromatic rings. The summed E-state index contributed by atoms with van der Waals surface area (Å²) in [6, 6.07) is 0. The van der Waals surface area contributed by atoms with Gasteiger partial charge in [-0.25, -0.2) is 8.42 Å². The minimum Gasteiger partial charge on any atom is -0.389 e. The number of sulfonamides is 1. The van der Waals surface area contributed by atoms with E-state index in [1.165, 1.54) is 0 Å². The third kappa shape index (κ3) is 3.91. The molecule has 5 nitrogen and oxygen atoms in total. The first-order valence-corrected chi connectivity index (χ1v) is 7.82. The van der Waals surface area contributed by atoms with Gasteiger partial charge >= 0.3 is 0 Å². The van der Waals surface area contributed by atoms with Crippen molar-refractivity contribution in [3.8, 4) is 0 Å². The summed E-state index contributed by atoms with van der Waals surface area (Å²) in [5.74, 6) is 0. The Kier molecular flexibility index (Phi) is 4.48. The zero-order valence-electron chi connectivity index (χ0n) is 12.1. The van der Waals surface area contributed by atoms with Crippen LogP contribution in [-0.4, -0.2) is 65.8 Å². The van der Waals surface area contributed by atoms with Crippen LogP contribution in [0.4, 0.5) is 0 Å². The summed E-state index contributed by atoms with van der Waals surface area (Å²) < 4.78 is 25.3. The van der Waals surface area contributed by atoms with Crippen molar-refractivity contribution in [2.75, 3.05) is 32.7 Å². The Bertz CT molecular complexity index is 371. The lowest BCUT2D eigenvalue weighted by molar-refractivity contribution is 0.0261. The van der Waals surface area contributed by atoms with Gasteiger partial charge in [-0.15, -0.1) is 0 Å². The van der Waals surface area contributed by atoms with Crippen molar-refractivity contribution in [2.24, 2.45) is 0 Å². The number of nitrogens with zero attached hydrogens (tertiary/aromatic N) is 2. The van der Waals surface area contributed by atoms with E-state index in [4.69, 9.17) is 0 Å². The topological polar surface area (TPSA) is 60.9 Å². The van der Waals surface area contributed by atoms with Gasteiger partial charge in [0.15, 0.2) is 0 Å². The molecule has 0 aliphatic carbocycles. The molecule has 1 fully saturated rings. The van der Waals surface area contributed by atoms with Crippen LogP contribution in [0.2, 0.25) is 0 Å². The fraction of sp³-hybridized carbons (Fsp3) is 1.00. The van der Waals surface area contributed by atoms with E-state index in [2.05, 4.69) is 4.90 Å². The molecule has 1 heterocycles. The van der Waals surface area contributed by atoms with E-state index in [1.54, 1.807) is 38.9 Å². The molecule has 0 atom stereocenters. The normalized spacial score (nSPS) is 21.2. The van der Waals surface area contributed by atoms with Gasteiger partial charge in [-0.1, -0.05) is 0 Å². The zero-order valence-corrected chi connectivity index (χ0v) is 12.9. The second-order valence-corrected chi connectivity index (χ2v) is 9.30. The Labute approximate surface area is 111 Å². The standard InChI is InChI=1S/C12H26N2O3S/c1-11(2,3)18(16,17)14-8-6-13(7-9-14)10-12(4,5)15/h15H,6-10H2,1-5H3. The van der Waals surface area contributed by atoms with Gasteiger partial charge < -0.3 is 5.11 Å². The first-order chi connectivity index (χ1) is 7.93. The third-order valence-corrected chi connectivity index (χ3v) is 5.65. The molecule has 1 aliphatic rings. The molecule has 1 saturated heterocycles. The van der Waals surface area contributed by atoms with Crippen molar-refractivity contribution in [2.45, 2.75) is 45.0 Å². The zero-order chi connectivity index (χ0) is 14.2. The minimum atomic E-state index is -3.22. The molecule has 0 aromatic carbocycles. The maximum atomic E-state index is 12.3. The summed E-state index contributed by atoms with van der Waals surface area (Å²) in [7, 11) is -3.22. The highest BCUT2D eigenvalue weighted by atomic mass is 32.2. The van der Waals surface area contributed by atoms with Gasteiger partial charge in [0.1, 0.15) is 0 Å². The van der Waals surface area contributed by atoms with E-state index in [0.717, 1.165) is 0 Å². The lowest BCUT2D eigenvalue weighted by atomic mass is 10.1. The number of aliphatic hydroxyl groups is 1. The molecular weight excluding hydrogens is 252 g/mol. The summed E-state index contributed by atoms with van der Waals surface area (Å²) in [6.07, 6.45) is 0. The number of piperazine rings is 1. The molecule has 0 radical (unpaired) electrons. The van der Waals surface area contributed by atoms with Gasteiger partial charge in [0, 0.05) is 32.7 Å². The molecule has 1 rings (SSSR count). The molecule has 0 spiro atoms. The number of rotatable bonds is 3. The van der Waals surface area contributed by atoms with Gasteiger partial charge in [-0.2, -0.15) is 4.31 Å². The van der Waals surface area contributed by atoms with Crippen LogP contribution >= 0.6 is 0 Å². The average Bonchev–Trinajstić information content (AvgIpc) is 2.14. The summed E-state index contributed by atoms with van der Waals surface area (Å²) in [4.78, 5) is 2.11. The van der Waals surface area contributed by atoms with Crippen LogP contribution in [0.5, 0.6) is 0 Å². The Balaban J connectivity index is 2.60. The van der Waals surface area contributed by atoms with Crippen LogP contribution in [-0.2, 0) is 10.0 Å². The SMILES string of the molecule is CC(C)(O)CN1CCN(S(=O)(=O)C(C)(C)C)CC1. The molecule has 18 heavy (non-hydrogen) atoms. The van der Waals surface area contributed by atoms with E-state index in [1.807, 2.05) is 0 Å². The van der Waals surface area contributed by atoms with Gasteiger partial charge in [-0.05, 0) is 34.6 Å². The summed E-state index contributed by atoms with van der Waals surface area (Å²) in [5, 5.41) is 9.75.